The van der Waals surface area contributed by atoms with Gasteiger partial charge in [0.05, 0.1) is 24.7 Å². The lowest BCUT2D eigenvalue weighted by atomic mass is 10.1. The Labute approximate surface area is 161 Å². The van der Waals surface area contributed by atoms with E-state index >= 15 is 0 Å². The summed E-state index contributed by atoms with van der Waals surface area (Å²) in [4.78, 5) is 14.8. The molecule has 0 aliphatic carbocycles. The fraction of sp³-hybridized carbons (Fsp3) is 0.632. The minimum atomic E-state index is -3.56. The first-order valence-electron chi connectivity index (χ1n) is 9.76. The quantitative estimate of drug-likeness (QED) is 0.824. The van der Waals surface area contributed by atoms with Crippen molar-refractivity contribution in [3.8, 4) is 0 Å². The lowest BCUT2D eigenvalue weighted by molar-refractivity contribution is -0.117. The van der Waals surface area contributed by atoms with Crippen LogP contribution in [-0.4, -0.2) is 69.5 Å². The second-order valence-corrected chi connectivity index (χ2v) is 9.07. The van der Waals surface area contributed by atoms with Gasteiger partial charge in [0, 0.05) is 18.8 Å². The van der Waals surface area contributed by atoms with Gasteiger partial charge < -0.3 is 10.1 Å². The summed E-state index contributed by atoms with van der Waals surface area (Å²) in [5.74, 6) is -0.100. The molecule has 0 spiro atoms. The number of hydrogen-bond donors (Lipinski definition) is 1. The summed E-state index contributed by atoms with van der Waals surface area (Å²) in [6, 6.07) is 6.50. The van der Waals surface area contributed by atoms with Gasteiger partial charge in [0.25, 0.3) is 0 Å². The normalized spacial score (nSPS) is 20.6. The van der Waals surface area contributed by atoms with Crippen molar-refractivity contribution in [1.82, 2.24) is 9.21 Å². The molecule has 2 saturated heterocycles. The molecule has 3 rings (SSSR count). The summed E-state index contributed by atoms with van der Waals surface area (Å²) in [6.07, 6.45) is 5.98. The van der Waals surface area contributed by atoms with E-state index in [1.807, 2.05) is 0 Å². The third-order valence-corrected chi connectivity index (χ3v) is 6.94. The van der Waals surface area contributed by atoms with Gasteiger partial charge in [-0.15, -0.1) is 0 Å². The van der Waals surface area contributed by atoms with Gasteiger partial charge in [-0.1, -0.05) is 25.3 Å². The van der Waals surface area contributed by atoms with Gasteiger partial charge >= 0.3 is 0 Å². The maximum Gasteiger partial charge on any atom is 0.243 e. The Hall–Kier alpha value is -1.48. The number of benzene rings is 1. The van der Waals surface area contributed by atoms with Crippen molar-refractivity contribution >= 4 is 21.6 Å². The number of nitrogens with one attached hydrogen (secondary N) is 1. The number of rotatable bonds is 5. The number of sulfonamides is 1. The first kappa shape index (κ1) is 20.3. The zero-order valence-corrected chi connectivity index (χ0v) is 16.5. The summed E-state index contributed by atoms with van der Waals surface area (Å²) in [5, 5.41) is 2.85. The molecule has 0 atom stereocenters. The Morgan fingerprint density at radius 3 is 2.37 bits per heavy atom. The van der Waals surface area contributed by atoms with Crippen molar-refractivity contribution in [3.05, 3.63) is 24.3 Å². The van der Waals surface area contributed by atoms with Crippen LogP contribution in [-0.2, 0) is 19.6 Å². The van der Waals surface area contributed by atoms with Gasteiger partial charge in [-0.25, -0.2) is 8.42 Å². The molecule has 0 bridgehead atoms. The molecule has 8 heteroatoms. The predicted molar refractivity (Wildman–Crippen MR) is 104 cm³/mol. The largest absolute Gasteiger partial charge is 0.379 e. The van der Waals surface area contributed by atoms with Crippen LogP contribution in [0.2, 0.25) is 0 Å². The van der Waals surface area contributed by atoms with Crippen LogP contribution in [0, 0.1) is 0 Å². The van der Waals surface area contributed by atoms with E-state index < -0.39 is 10.0 Å². The molecule has 2 fully saturated rings. The van der Waals surface area contributed by atoms with Crippen LogP contribution in [0.25, 0.3) is 0 Å². The zero-order valence-electron chi connectivity index (χ0n) is 15.7. The van der Waals surface area contributed by atoms with E-state index in [2.05, 4.69) is 10.2 Å². The van der Waals surface area contributed by atoms with E-state index in [1.54, 1.807) is 18.2 Å². The van der Waals surface area contributed by atoms with Crippen LogP contribution in [0.3, 0.4) is 0 Å². The van der Waals surface area contributed by atoms with E-state index in [4.69, 9.17) is 4.74 Å². The van der Waals surface area contributed by atoms with Crippen molar-refractivity contribution in [1.29, 1.82) is 0 Å². The van der Waals surface area contributed by atoms with Gasteiger partial charge in [-0.3, -0.25) is 9.69 Å². The molecule has 0 aromatic heterocycles. The Morgan fingerprint density at radius 2 is 1.67 bits per heavy atom. The summed E-state index contributed by atoms with van der Waals surface area (Å²) >= 11 is 0. The maximum absolute atomic E-state index is 12.8. The molecular formula is C19H29N3O4S. The summed E-state index contributed by atoms with van der Waals surface area (Å²) < 4.78 is 32.2. The molecule has 1 amide bonds. The van der Waals surface area contributed by atoms with Crippen molar-refractivity contribution in [2.75, 3.05) is 51.3 Å². The third-order valence-electron chi connectivity index (χ3n) is 5.04. The third kappa shape index (κ3) is 5.75. The van der Waals surface area contributed by atoms with E-state index in [0.717, 1.165) is 25.9 Å². The van der Waals surface area contributed by atoms with Crippen molar-refractivity contribution in [2.24, 2.45) is 0 Å². The molecule has 150 valence electrons. The number of carbonyl (C=O) groups is 1. The number of carbonyl (C=O) groups excluding carboxylic acids is 1. The van der Waals surface area contributed by atoms with E-state index in [-0.39, 0.29) is 10.8 Å². The smallest absolute Gasteiger partial charge is 0.243 e. The monoisotopic (exact) mass is 395 g/mol. The number of likely N-dealkylation sites (tertiary alicyclic amines) is 1. The fourth-order valence-corrected chi connectivity index (χ4v) is 5.00. The Kier molecular flexibility index (Phi) is 7.23. The van der Waals surface area contributed by atoms with Gasteiger partial charge in [0.2, 0.25) is 15.9 Å². The molecule has 0 saturated carbocycles. The van der Waals surface area contributed by atoms with Crippen LogP contribution < -0.4 is 5.32 Å². The molecule has 1 aromatic rings. The molecule has 27 heavy (non-hydrogen) atoms. The van der Waals surface area contributed by atoms with Gasteiger partial charge in [0.15, 0.2) is 0 Å². The molecule has 1 aromatic carbocycles. The number of morpholine rings is 1. The summed E-state index contributed by atoms with van der Waals surface area (Å²) in [6.45, 7) is 3.76. The first-order valence-corrected chi connectivity index (χ1v) is 11.2. The summed E-state index contributed by atoms with van der Waals surface area (Å²) in [5.41, 5.74) is 0.515. The van der Waals surface area contributed by atoms with Crippen molar-refractivity contribution in [3.63, 3.8) is 0 Å². The topological polar surface area (TPSA) is 79.0 Å². The predicted octanol–water partition coefficient (Wildman–Crippen LogP) is 1.91. The molecule has 0 unspecified atom stereocenters. The Bertz CT molecular complexity index is 724. The highest BCUT2D eigenvalue weighted by Gasteiger charge is 2.26. The van der Waals surface area contributed by atoms with Gasteiger partial charge in [-0.05, 0) is 44.1 Å². The molecule has 2 heterocycles. The lowest BCUT2D eigenvalue weighted by Gasteiger charge is -2.26. The van der Waals surface area contributed by atoms with Gasteiger partial charge in [0.1, 0.15) is 0 Å². The highest BCUT2D eigenvalue weighted by Crippen LogP contribution is 2.20. The van der Waals surface area contributed by atoms with E-state index in [1.165, 1.54) is 29.6 Å². The Morgan fingerprint density at radius 1 is 1.00 bits per heavy atom. The zero-order chi connectivity index (χ0) is 19.1. The van der Waals surface area contributed by atoms with Crippen LogP contribution in [0.1, 0.15) is 32.1 Å². The number of ether oxygens (including phenoxy) is 1. The molecule has 7 nitrogen and oxygen atoms in total. The minimum Gasteiger partial charge on any atom is -0.379 e. The highest BCUT2D eigenvalue weighted by molar-refractivity contribution is 7.89. The molecule has 2 aliphatic rings. The van der Waals surface area contributed by atoms with E-state index in [0.29, 0.717) is 38.5 Å². The standard InChI is InChI=1S/C19H29N3O4S/c23-19(16-21-9-4-2-1-3-5-10-21)20-17-7-6-8-18(15-17)27(24,25)22-11-13-26-14-12-22/h6-8,15H,1-5,9-14,16H2,(H,20,23). The molecule has 0 radical (unpaired) electrons. The van der Waals surface area contributed by atoms with Crippen molar-refractivity contribution in [2.45, 2.75) is 37.0 Å². The minimum absolute atomic E-state index is 0.100. The SMILES string of the molecule is O=C(CN1CCCCCCC1)Nc1cccc(S(=O)(=O)N2CCOCC2)c1. The second-order valence-electron chi connectivity index (χ2n) is 7.14. The maximum atomic E-state index is 12.8. The lowest BCUT2D eigenvalue weighted by Crippen LogP contribution is -2.40. The number of amides is 1. The number of nitrogens with zero attached hydrogens (tertiary/aromatic N) is 2. The molecule has 1 N–H and O–H groups in total. The average molecular weight is 396 g/mol. The van der Waals surface area contributed by atoms with Crippen LogP contribution >= 0.6 is 0 Å². The van der Waals surface area contributed by atoms with Crippen LogP contribution in [0.4, 0.5) is 5.69 Å². The van der Waals surface area contributed by atoms with Crippen LogP contribution in [0.15, 0.2) is 29.2 Å². The van der Waals surface area contributed by atoms with Crippen molar-refractivity contribution < 1.29 is 17.9 Å². The second kappa shape index (κ2) is 9.64. The summed E-state index contributed by atoms with van der Waals surface area (Å²) in [7, 11) is -3.56. The molecular weight excluding hydrogens is 366 g/mol. The van der Waals surface area contributed by atoms with E-state index in [9.17, 15) is 13.2 Å². The van der Waals surface area contributed by atoms with Gasteiger partial charge in [-0.2, -0.15) is 4.31 Å². The number of hydrogen-bond acceptors (Lipinski definition) is 5. The number of anilines is 1. The average Bonchev–Trinajstić information content (AvgIpc) is 2.65. The highest BCUT2D eigenvalue weighted by atomic mass is 32.2. The molecule has 2 aliphatic heterocycles. The van der Waals surface area contributed by atoms with Crippen LogP contribution in [0.5, 0.6) is 0 Å². The first-order chi connectivity index (χ1) is 13.1. The fourth-order valence-electron chi connectivity index (χ4n) is 3.55. The Balaban J connectivity index is 1.62.